The Bertz CT molecular complexity index is 368. The van der Waals surface area contributed by atoms with E-state index in [1.807, 2.05) is 19.1 Å². The van der Waals surface area contributed by atoms with Gasteiger partial charge in [-0.3, -0.25) is 0 Å². The SMILES string of the molecule is CC1(N)C=Cc2ncnc(N)c2C1. The Morgan fingerprint density at radius 3 is 3.00 bits per heavy atom. The summed E-state index contributed by atoms with van der Waals surface area (Å²) in [7, 11) is 0. The molecule has 13 heavy (non-hydrogen) atoms. The van der Waals surface area contributed by atoms with E-state index < -0.39 is 0 Å². The van der Waals surface area contributed by atoms with E-state index in [1.54, 1.807) is 0 Å². The predicted octanol–water partition coefficient (Wildman–Crippen LogP) is 0.346. The van der Waals surface area contributed by atoms with E-state index in [0.717, 1.165) is 11.3 Å². The first-order valence-corrected chi connectivity index (χ1v) is 4.16. The first kappa shape index (κ1) is 8.19. The number of rotatable bonds is 0. The summed E-state index contributed by atoms with van der Waals surface area (Å²) < 4.78 is 0. The molecule has 0 bridgehead atoms. The Labute approximate surface area is 76.7 Å². The van der Waals surface area contributed by atoms with Crippen LogP contribution in [0.1, 0.15) is 18.2 Å². The minimum atomic E-state index is -0.328. The summed E-state index contributed by atoms with van der Waals surface area (Å²) in [4.78, 5) is 8.05. The molecule has 1 aliphatic rings. The van der Waals surface area contributed by atoms with E-state index in [9.17, 15) is 0 Å². The van der Waals surface area contributed by atoms with Crippen LogP contribution in [0, 0.1) is 0 Å². The molecule has 1 aromatic heterocycles. The van der Waals surface area contributed by atoms with Crippen LogP contribution in [0.25, 0.3) is 6.08 Å². The lowest BCUT2D eigenvalue weighted by Gasteiger charge is -2.25. The number of fused-ring (bicyclic) bond motifs is 1. The zero-order valence-electron chi connectivity index (χ0n) is 7.49. The van der Waals surface area contributed by atoms with Gasteiger partial charge in [0.1, 0.15) is 12.1 Å². The fourth-order valence-electron chi connectivity index (χ4n) is 1.47. The average Bonchev–Trinajstić information content (AvgIpc) is 2.06. The summed E-state index contributed by atoms with van der Waals surface area (Å²) in [5.41, 5.74) is 13.2. The second-order valence-electron chi connectivity index (χ2n) is 3.64. The van der Waals surface area contributed by atoms with Gasteiger partial charge in [-0.2, -0.15) is 0 Å². The van der Waals surface area contributed by atoms with Crippen molar-refractivity contribution < 1.29 is 0 Å². The Morgan fingerprint density at radius 2 is 2.23 bits per heavy atom. The van der Waals surface area contributed by atoms with E-state index in [0.29, 0.717) is 12.2 Å². The monoisotopic (exact) mass is 176 g/mol. The molecule has 4 heteroatoms. The highest BCUT2D eigenvalue weighted by molar-refractivity contribution is 5.60. The van der Waals surface area contributed by atoms with Gasteiger partial charge in [0, 0.05) is 11.1 Å². The number of nitrogens with two attached hydrogens (primary N) is 2. The number of nitrogens with zero attached hydrogens (tertiary/aromatic N) is 2. The highest BCUT2D eigenvalue weighted by Gasteiger charge is 2.23. The van der Waals surface area contributed by atoms with Gasteiger partial charge in [-0.1, -0.05) is 6.08 Å². The molecular weight excluding hydrogens is 164 g/mol. The average molecular weight is 176 g/mol. The zero-order chi connectivity index (χ0) is 9.47. The van der Waals surface area contributed by atoms with Gasteiger partial charge in [0.2, 0.25) is 0 Å². The highest BCUT2D eigenvalue weighted by atomic mass is 14.9. The predicted molar refractivity (Wildman–Crippen MR) is 51.8 cm³/mol. The van der Waals surface area contributed by atoms with E-state index in [4.69, 9.17) is 11.5 Å². The molecule has 0 saturated carbocycles. The minimum absolute atomic E-state index is 0.328. The summed E-state index contributed by atoms with van der Waals surface area (Å²) in [6.45, 7) is 1.96. The van der Waals surface area contributed by atoms with Gasteiger partial charge in [0.25, 0.3) is 0 Å². The molecule has 1 atom stereocenters. The molecule has 4 N–H and O–H groups in total. The van der Waals surface area contributed by atoms with Crippen LogP contribution in [0.4, 0.5) is 5.82 Å². The molecule has 0 radical (unpaired) electrons. The Morgan fingerprint density at radius 1 is 1.46 bits per heavy atom. The molecule has 1 aromatic rings. The van der Waals surface area contributed by atoms with Crippen molar-refractivity contribution in [2.24, 2.45) is 5.73 Å². The summed E-state index contributed by atoms with van der Waals surface area (Å²) >= 11 is 0. The number of nitrogen functional groups attached to an aromatic ring is 1. The van der Waals surface area contributed by atoms with Crippen LogP contribution in [0.3, 0.4) is 0 Å². The Kier molecular flexibility index (Phi) is 1.60. The van der Waals surface area contributed by atoms with Gasteiger partial charge < -0.3 is 11.5 Å². The maximum absolute atomic E-state index is 5.96. The third-order valence-corrected chi connectivity index (χ3v) is 2.19. The van der Waals surface area contributed by atoms with Crippen molar-refractivity contribution in [2.45, 2.75) is 18.9 Å². The fourth-order valence-corrected chi connectivity index (χ4v) is 1.47. The van der Waals surface area contributed by atoms with Crippen LogP contribution in [0.2, 0.25) is 0 Å². The third-order valence-electron chi connectivity index (χ3n) is 2.19. The molecule has 0 spiro atoms. The van der Waals surface area contributed by atoms with Crippen LogP contribution in [0.5, 0.6) is 0 Å². The Hall–Kier alpha value is -1.42. The van der Waals surface area contributed by atoms with Crippen LogP contribution in [-0.2, 0) is 6.42 Å². The van der Waals surface area contributed by atoms with Crippen molar-refractivity contribution in [1.29, 1.82) is 0 Å². The van der Waals surface area contributed by atoms with Crippen molar-refractivity contribution in [3.05, 3.63) is 23.7 Å². The normalized spacial score (nSPS) is 25.7. The standard InChI is InChI=1S/C9H12N4/c1-9(11)3-2-7-6(4-9)8(10)13-5-12-7/h2-3,5H,4,11H2,1H3,(H2,10,12,13). The largest absolute Gasteiger partial charge is 0.383 e. The second kappa shape index (κ2) is 2.53. The molecule has 2 rings (SSSR count). The van der Waals surface area contributed by atoms with Crippen molar-refractivity contribution in [1.82, 2.24) is 9.97 Å². The smallest absolute Gasteiger partial charge is 0.130 e. The van der Waals surface area contributed by atoms with Crippen molar-refractivity contribution in [3.63, 3.8) is 0 Å². The molecule has 1 unspecified atom stereocenters. The van der Waals surface area contributed by atoms with Gasteiger partial charge >= 0.3 is 0 Å². The molecule has 0 saturated heterocycles. The van der Waals surface area contributed by atoms with Crippen LogP contribution >= 0.6 is 0 Å². The van der Waals surface area contributed by atoms with E-state index >= 15 is 0 Å². The van der Waals surface area contributed by atoms with Crippen molar-refractivity contribution in [2.75, 3.05) is 5.73 Å². The lowest BCUT2D eigenvalue weighted by molar-refractivity contribution is 0.575. The van der Waals surface area contributed by atoms with Gasteiger partial charge in [-0.25, -0.2) is 9.97 Å². The summed E-state index contributed by atoms with van der Waals surface area (Å²) in [6.07, 6.45) is 6.02. The van der Waals surface area contributed by atoms with E-state index in [-0.39, 0.29) is 5.54 Å². The van der Waals surface area contributed by atoms with E-state index in [2.05, 4.69) is 9.97 Å². The molecular formula is C9H12N4. The maximum atomic E-state index is 5.96. The van der Waals surface area contributed by atoms with Crippen LogP contribution < -0.4 is 11.5 Å². The molecule has 1 heterocycles. The first-order chi connectivity index (χ1) is 6.08. The highest BCUT2D eigenvalue weighted by Crippen LogP contribution is 2.25. The number of aromatic nitrogens is 2. The maximum Gasteiger partial charge on any atom is 0.130 e. The fraction of sp³-hybridized carbons (Fsp3) is 0.333. The molecule has 68 valence electrons. The topological polar surface area (TPSA) is 77.8 Å². The quantitative estimate of drug-likeness (QED) is 0.597. The number of hydrogen-bond acceptors (Lipinski definition) is 4. The summed E-state index contributed by atoms with van der Waals surface area (Å²) in [5, 5.41) is 0. The van der Waals surface area contributed by atoms with Gasteiger partial charge in [0.15, 0.2) is 0 Å². The lowest BCUT2D eigenvalue weighted by atomic mass is 9.88. The van der Waals surface area contributed by atoms with Gasteiger partial charge in [0.05, 0.1) is 5.69 Å². The van der Waals surface area contributed by atoms with Gasteiger partial charge in [-0.15, -0.1) is 0 Å². The van der Waals surface area contributed by atoms with E-state index in [1.165, 1.54) is 6.33 Å². The van der Waals surface area contributed by atoms with Gasteiger partial charge in [-0.05, 0) is 19.4 Å². The molecule has 0 aromatic carbocycles. The Balaban J connectivity index is 2.54. The molecule has 1 aliphatic carbocycles. The van der Waals surface area contributed by atoms with Crippen molar-refractivity contribution >= 4 is 11.9 Å². The van der Waals surface area contributed by atoms with Crippen LogP contribution in [0.15, 0.2) is 12.4 Å². The summed E-state index contributed by atoms with van der Waals surface area (Å²) in [6, 6.07) is 0. The molecule has 4 nitrogen and oxygen atoms in total. The second-order valence-corrected chi connectivity index (χ2v) is 3.64. The molecule has 0 amide bonds. The molecule has 0 fully saturated rings. The van der Waals surface area contributed by atoms with Crippen molar-refractivity contribution in [3.8, 4) is 0 Å². The van der Waals surface area contributed by atoms with Crippen LogP contribution in [-0.4, -0.2) is 15.5 Å². The summed E-state index contributed by atoms with van der Waals surface area (Å²) in [5.74, 6) is 0.533. The number of anilines is 1. The minimum Gasteiger partial charge on any atom is -0.383 e. The first-order valence-electron chi connectivity index (χ1n) is 4.16. The lowest BCUT2D eigenvalue weighted by Crippen LogP contribution is -2.38. The zero-order valence-corrected chi connectivity index (χ0v) is 7.49. The number of hydrogen-bond donors (Lipinski definition) is 2. The molecule has 0 aliphatic heterocycles. The third kappa shape index (κ3) is 1.40.